The minimum Gasteiger partial charge on any atom is -0.315 e. The number of carbonyl (C=O) groups is 1. The zero-order chi connectivity index (χ0) is 13.4. The number of likely N-dealkylation sites (N-methyl/N-ethyl adjacent to an activating group) is 1. The molecule has 1 aromatic heterocycles. The Morgan fingerprint density at radius 3 is 3.11 bits per heavy atom. The number of H-pyrrole nitrogens is 1. The fraction of sp³-hybridized carbons (Fsp3) is 0.286. The molecular formula is C14H16N4O. The minimum atomic E-state index is 0.148. The van der Waals surface area contributed by atoms with Gasteiger partial charge in [0.15, 0.2) is 0 Å². The van der Waals surface area contributed by atoms with Crippen molar-refractivity contribution in [3.8, 4) is 11.1 Å². The summed E-state index contributed by atoms with van der Waals surface area (Å²) in [5.41, 5.74) is 5.33. The van der Waals surface area contributed by atoms with E-state index in [1.807, 2.05) is 32.4 Å². The molecule has 2 N–H and O–H groups in total. The van der Waals surface area contributed by atoms with E-state index in [0.29, 0.717) is 6.42 Å². The minimum absolute atomic E-state index is 0.148. The molecule has 5 nitrogen and oxygen atoms in total. The van der Waals surface area contributed by atoms with E-state index in [2.05, 4.69) is 21.6 Å². The highest BCUT2D eigenvalue weighted by Gasteiger charge is 2.24. The largest absolute Gasteiger partial charge is 0.315 e. The van der Waals surface area contributed by atoms with Gasteiger partial charge in [0.05, 0.1) is 18.3 Å². The zero-order valence-electron chi connectivity index (χ0n) is 11.0. The Morgan fingerprint density at radius 2 is 2.32 bits per heavy atom. The van der Waals surface area contributed by atoms with Crippen LogP contribution >= 0.6 is 0 Å². The molecule has 1 aromatic carbocycles. The van der Waals surface area contributed by atoms with Crippen LogP contribution in [0, 0.1) is 0 Å². The van der Waals surface area contributed by atoms with Gasteiger partial charge in [0.1, 0.15) is 0 Å². The average Bonchev–Trinajstić information content (AvgIpc) is 2.96. The summed E-state index contributed by atoms with van der Waals surface area (Å²) in [5.74, 6) is 0.148. The van der Waals surface area contributed by atoms with Gasteiger partial charge in [0.2, 0.25) is 5.91 Å². The van der Waals surface area contributed by atoms with E-state index in [1.165, 1.54) is 0 Å². The number of hydrogen-bond donors (Lipinski definition) is 2. The molecule has 3 rings (SSSR count). The number of rotatable bonds is 3. The van der Waals surface area contributed by atoms with Gasteiger partial charge >= 0.3 is 0 Å². The van der Waals surface area contributed by atoms with Gasteiger partial charge < -0.3 is 10.2 Å². The first-order valence-corrected chi connectivity index (χ1v) is 6.27. The maximum atomic E-state index is 11.7. The third-order valence-corrected chi connectivity index (χ3v) is 3.54. The van der Waals surface area contributed by atoms with Crippen LogP contribution in [0.4, 0.5) is 5.69 Å². The lowest BCUT2D eigenvalue weighted by Gasteiger charge is -2.10. The summed E-state index contributed by atoms with van der Waals surface area (Å²) in [4.78, 5) is 13.4. The molecule has 0 fully saturated rings. The number of carbonyl (C=O) groups excluding carboxylic acids is 1. The second-order valence-electron chi connectivity index (χ2n) is 4.77. The molecular weight excluding hydrogens is 240 g/mol. The van der Waals surface area contributed by atoms with Gasteiger partial charge in [-0.3, -0.25) is 9.89 Å². The standard InChI is InChI=1S/C14H16N4O/c1-15-8-12-11(7-16-17-12)9-3-4-13-10(5-9)6-14(19)18(13)2/h3-5,7,15H,6,8H2,1-2H3,(H,16,17). The third-order valence-electron chi connectivity index (χ3n) is 3.54. The van der Waals surface area contributed by atoms with E-state index < -0.39 is 0 Å². The Morgan fingerprint density at radius 1 is 1.47 bits per heavy atom. The van der Waals surface area contributed by atoms with Crippen molar-refractivity contribution in [1.29, 1.82) is 0 Å². The van der Waals surface area contributed by atoms with Gasteiger partial charge in [-0.25, -0.2) is 0 Å². The van der Waals surface area contributed by atoms with Crippen molar-refractivity contribution in [3.05, 3.63) is 35.7 Å². The second-order valence-corrected chi connectivity index (χ2v) is 4.77. The molecule has 0 bridgehead atoms. The fourth-order valence-corrected chi connectivity index (χ4v) is 2.51. The number of hydrogen-bond acceptors (Lipinski definition) is 3. The van der Waals surface area contributed by atoms with Crippen LogP contribution in [0.15, 0.2) is 24.4 Å². The Kier molecular flexibility index (Phi) is 2.83. The second kappa shape index (κ2) is 4.51. The molecule has 1 aliphatic rings. The van der Waals surface area contributed by atoms with Gasteiger partial charge in [0, 0.05) is 24.8 Å². The van der Waals surface area contributed by atoms with Crippen LogP contribution in [-0.2, 0) is 17.8 Å². The van der Waals surface area contributed by atoms with Crippen molar-refractivity contribution >= 4 is 11.6 Å². The smallest absolute Gasteiger partial charge is 0.231 e. The van der Waals surface area contributed by atoms with E-state index >= 15 is 0 Å². The lowest BCUT2D eigenvalue weighted by molar-refractivity contribution is -0.117. The van der Waals surface area contributed by atoms with Crippen LogP contribution in [0.3, 0.4) is 0 Å². The third kappa shape index (κ3) is 1.92. The summed E-state index contributed by atoms with van der Waals surface area (Å²) in [7, 11) is 3.72. The number of benzene rings is 1. The molecule has 0 saturated carbocycles. The number of nitrogens with one attached hydrogen (secondary N) is 2. The molecule has 2 heterocycles. The van der Waals surface area contributed by atoms with Crippen LogP contribution in [0.25, 0.3) is 11.1 Å². The summed E-state index contributed by atoms with van der Waals surface area (Å²) < 4.78 is 0. The summed E-state index contributed by atoms with van der Waals surface area (Å²) in [6.07, 6.45) is 2.31. The number of anilines is 1. The predicted octanol–water partition coefficient (Wildman–Crippen LogP) is 1.31. The molecule has 0 spiro atoms. The Hall–Kier alpha value is -2.14. The SMILES string of the molecule is CNCc1[nH]ncc1-c1ccc2c(c1)CC(=O)N2C. The van der Waals surface area contributed by atoms with Crippen molar-refractivity contribution < 1.29 is 4.79 Å². The van der Waals surface area contributed by atoms with Gasteiger partial charge in [-0.2, -0.15) is 5.10 Å². The molecule has 0 unspecified atom stereocenters. The highest BCUT2D eigenvalue weighted by molar-refractivity contribution is 6.01. The van der Waals surface area contributed by atoms with Crippen molar-refractivity contribution in [1.82, 2.24) is 15.5 Å². The van der Waals surface area contributed by atoms with E-state index in [9.17, 15) is 4.79 Å². The summed E-state index contributed by atoms with van der Waals surface area (Å²) >= 11 is 0. The Bertz CT molecular complexity index is 632. The van der Waals surface area contributed by atoms with Gasteiger partial charge in [0.25, 0.3) is 0 Å². The summed E-state index contributed by atoms with van der Waals surface area (Å²) in [6.45, 7) is 0.741. The van der Waals surface area contributed by atoms with E-state index in [-0.39, 0.29) is 5.91 Å². The van der Waals surface area contributed by atoms with Crippen LogP contribution in [-0.4, -0.2) is 30.2 Å². The number of nitrogens with zero attached hydrogens (tertiary/aromatic N) is 2. The van der Waals surface area contributed by atoms with Gasteiger partial charge in [-0.05, 0) is 30.3 Å². The quantitative estimate of drug-likeness (QED) is 0.870. The highest BCUT2D eigenvalue weighted by atomic mass is 16.2. The highest BCUT2D eigenvalue weighted by Crippen LogP contribution is 2.32. The monoisotopic (exact) mass is 256 g/mol. The summed E-state index contributed by atoms with van der Waals surface area (Å²) in [6, 6.07) is 6.13. The van der Waals surface area contributed by atoms with Gasteiger partial charge in [-0.1, -0.05) is 6.07 Å². The first-order valence-electron chi connectivity index (χ1n) is 6.27. The van der Waals surface area contributed by atoms with E-state index in [0.717, 1.165) is 34.6 Å². The molecule has 0 atom stereocenters. The Labute approximate surface area is 111 Å². The van der Waals surface area contributed by atoms with E-state index in [4.69, 9.17) is 0 Å². The van der Waals surface area contributed by atoms with Crippen molar-refractivity contribution in [2.45, 2.75) is 13.0 Å². The van der Waals surface area contributed by atoms with Crippen molar-refractivity contribution in [3.63, 3.8) is 0 Å². The maximum absolute atomic E-state index is 11.7. The molecule has 0 saturated heterocycles. The van der Waals surface area contributed by atoms with Gasteiger partial charge in [-0.15, -0.1) is 0 Å². The molecule has 1 amide bonds. The molecule has 5 heteroatoms. The average molecular weight is 256 g/mol. The molecule has 98 valence electrons. The molecule has 0 aliphatic carbocycles. The molecule has 0 radical (unpaired) electrons. The van der Waals surface area contributed by atoms with Crippen LogP contribution < -0.4 is 10.2 Å². The first kappa shape index (κ1) is 11.9. The van der Waals surface area contributed by atoms with Crippen molar-refractivity contribution in [2.75, 3.05) is 19.0 Å². The first-order chi connectivity index (χ1) is 9.20. The predicted molar refractivity (Wildman–Crippen MR) is 73.9 cm³/mol. The van der Waals surface area contributed by atoms with Crippen molar-refractivity contribution in [2.24, 2.45) is 0 Å². The topological polar surface area (TPSA) is 61.0 Å². The molecule has 19 heavy (non-hydrogen) atoms. The van der Waals surface area contributed by atoms with Crippen LogP contribution in [0.5, 0.6) is 0 Å². The lowest BCUT2D eigenvalue weighted by atomic mass is 10.0. The number of amides is 1. The number of aromatic amines is 1. The summed E-state index contributed by atoms with van der Waals surface area (Å²) in [5, 5.41) is 10.2. The number of fused-ring (bicyclic) bond motifs is 1. The lowest BCUT2D eigenvalue weighted by Crippen LogP contribution is -2.20. The normalized spacial score (nSPS) is 14.0. The zero-order valence-corrected chi connectivity index (χ0v) is 11.0. The molecule has 1 aliphatic heterocycles. The number of aromatic nitrogens is 2. The fourth-order valence-electron chi connectivity index (χ4n) is 2.51. The Balaban J connectivity index is 2.02. The van der Waals surface area contributed by atoms with Crippen LogP contribution in [0.1, 0.15) is 11.3 Å². The van der Waals surface area contributed by atoms with E-state index in [1.54, 1.807) is 4.90 Å². The molecule has 2 aromatic rings. The maximum Gasteiger partial charge on any atom is 0.231 e. The van der Waals surface area contributed by atoms with Crippen LogP contribution in [0.2, 0.25) is 0 Å².